The van der Waals surface area contributed by atoms with Crippen molar-refractivity contribution in [3.63, 3.8) is 0 Å². The van der Waals surface area contributed by atoms with Crippen LogP contribution in [0.2, 0.25) is 0 Å². The van der Waals surface area contributed by atoms with Gasteiger partial charge in [0, 0.05) is 11.8 Å². The van der Waals surface area contributed by atoms with Crippen molar-refractivity contribution >= 4 is 11.7 Å². The molecule has 4 nitrogen and oxygen atoms in total. The van der Waals surface area contributed by atoms with Gasteiger partial charge in [-0.25, -0.2) is 4.98 Å². The molecule has 2 rings (SSSR count). The van der Waals surface area contributed by atoms with Gasteiger partial charge >= 0.3 is 0 Å². The first-order valence-electron chi connectivity index (χ1n) is 5.58. The van der Waals surface area contributed by atoms with Crippen molar-refractivity contribution in [2.24, 2.45) is 0 Å². The SMILES string of the molecule is COc1ccc(C(=O)Nc2ccccn2)cc1C. The van der Waals surface area contributed by atoms with Crippen molar-refractivity contribution in [3.05, 3.63) is 53.7 Å². The van der Waals surface area contributed by atoms with Crippen molar-refractivity contribution in [2.75, 3.05) is 12.4 Å². The van der Waals surface area contributed by atoms with Gasteiger partial charge in [-0.3, -0.25) is 4.79 Å². The molecule has 0 saturated carbocycles. The molecule has 0 aliphatic carbocycles. The van der Waals surface area contributed by atoms with E-state index in [4.69, 9.17) is 4.74 Å². The maximum absolute atomic E-state index is 12.0. The first-order valence-corrected chi connectivity index (χ1v) is 5.58. The van der Waals surface area contributed by atoms with Crippen LogP contribution in [-0.4, -0.2) is 18.0 Å². The number of aromatic nitrogens is 1. The van der Waals surface area contributed by atoms with Crippen molar-refractivity contribution in [1.29, 1.82) is 0 Å². The summed E-state index contributed by atoms with van der Waals surface area (Å²) in [7, 11) is 1.61. The van der Waals surface area contributed by atoms with Crippen LogP contribution in [-0.2, 0) is 0 Å². The highest BCUT2D eigenvalue weighted by atomic mass is 16.5. The number of carbonyl (C=O) groups excluding carboxylic acids is 1. The van der Waals surface area contributed by atoms with E-state index < -0.39 is 0 Å². The Morgan fingerprint density at radius 1 is 1.28 bits per heavy atom. The number of nitrogens with one attached hydrogen (secondary N) is 1. The summed E-state index contributed by atoms with van der Waals surface area (Å²) in [6.07, 6.45) is 1.63. The van der Waals surface area contributed by atoms with Gasteiger partial charge in [0.1, 0.15) is 11.6 Å². The second kappa shape index (κ2) is 5.31. The summed E-state index contributed by atoms with van der Waals surface area (Å²) in [6, 6.07) is 10.7. The highest BCUT2D eigenvalue weighted by Gasteiger charge is 2.08. The molecule has 0 saturated heterocycles. The summed E-state index contributed by atoms with van der Waals surface area (Å²) in [5.41, 5.74) is 1.50. The smallest absolute Gasteiger partial charge is 0.256 e. The zero-order valence-corrected chi connectivity index (χ0v) is 10.3. The van der Waals surface area contributed by atoms with Gasteiger partial charge in [-0.15, -0.1) is 0 Å². The third-order valence-electron chi connectivity index (χ3n) is 2.56. The quantitative estimate of drug-likeness (QED) is 0.900. The zero-order valence-electron chi connectivity index (χ0n) is 10.3. The lowest BCUT2D eigenvalue weighted by molar-refractivity contribution is 0.102. The monoisotopic (exact) mass is 242 g/mol. The van der Waals surface area contributed by atoms with E-state index in [9.17, 15) is 4.79 Å². The third kappa shape index (κ3) is 2.66. The molecule has 92 valence electrons. The number of nitrogens with zero attached hydrogens (tertiary/aromatic N) is 1. The van der Waals surface area contributed by atoms with Crippen molar-refractivity contribution in [1.82, 2.24) is 4.98 Å². The fourth-order valence-corrected chi connectivity index (χ4v) is 1.64. The van der Waals surface area contributed by atoms with Gasteiger partial charge in [-0.2, -0.15) is 0 Å². The summed E-state index contributed by atoms with van der Waals surface area (Å²) in [5, 5.41) is 2.73. The standard InChI is InChI=1S/C14H14N2O2/c1-10-9-11(6-7-12(10)18-2)14(17)16-13-5-3-4-8-15-13/h3-9H,1-2H3,(H,15,16,17). The lowest BCUT2D eigenvalue weighted by Crippen LogP contribution is -2.13. The van der Waals surface area contributed by atoms with Crippen LogP contribution in [0.1, 0.15) is 15.9 Å². The van der Waals surface area contributed by atoms with E-state index in [1.807, 2.05) is 13.0 Å². The molecule has 0 aliphatic rings. The number of carbonyl (C=O) groups is 1. The van der Waals surface area contributed by atoms with Crippen molar-refractivity contribution in [2.45, 2.75) is 6.92 Å². The minimum Gasteiger partial charge on any atom is -0.496 e. The van der Waals surface area contributed by atoms with E-state index in [1.165, 1.54) is 0 Å². The van der Waals surface area contributed by atoms with Crippen LogP contribution in [0.4, 0.5) is 5.82 Å². The summed E-state index contributed by atoms with van der Waals surface area (Å²) < 4.78 is 5.15. The molecule has 1 aromatic heterocycles. The Morgan fingerprint density at radius 3 is 2.72 bits per heavy atom. The Balaban J connectivity index is 2.17. The first-order chi connectivity index (χ1) is 8.70. The van der Waals surface area contributed by atoms with Gasteiger partial charge in [-0.05, 0) is 42.8 Å². The number of rotatable bonds is 3. The maximum atomic E-state index is 12.0. The number of pyridine rings is 1. The predicted molar refractivity (Wildman–Crippen MR) is 69.9 cm³/mol. The third-order valence-corrected chi connectivity index (χ3v) is 2.56. The van der Waals surface area contributed by atoms with Crippen LogP contribution in [0.15, 0.2) is 42.6 Å². The van der Waals surface area contributed by atoms with E-state index in [2.05, 4.69) is 10.3 Å². The molecular formula is C14H14N2O2. The number of hydrogen-bond donors (Lipinski definition) is 1. The van der Waals surface area contributed by atoms with Gasteiger partial charge in [0.15, 0.2) is 0 Å². The van der Waals surface area contributed by atoms with E-state index >= 15 is 0 Å². The summed E-state index contributed by atoms with van der Waals surface area (Å²) in [4.78, 5) is 16.0. The molecule has 0 bridgehead atoms. The molecule has 18 heavy (non-hydrogen) atoms. The number of benzene rings is 1. The molecular weight excluding hydrogens is 228 g/mol. The normalized spacial score (nSPS) is 9.89. The van der Waals surface area contributed by atoms with E-state index in [0.29, 0.717) is 11.4 Å². The number of methoxy groups -OCH3 is 1. The van der Waals surface area contributed by atoms with Gasteiger partial charge in [0.25, 0.3) is 5.91 Å². The van der Waals surface area contributed by atoms with Gasteiger partial charge in [-0.1, -0.05) is 6.07 Å². The molecule has 1 amide bonds. The molecule has 0 atom stereocenters. The molecule has 0 radical (unpaired) electrons. The number of amides is 1. The van der Waals surface area contributed by atoms with Crippen LogP contribution in [0, 0.1) is 6.92 Å². The molecule has 4 heteroatoms. The summed E-state index contributed by atoms with van der Waals surface area (Å²) in [5.74, 6) is 1.12. The minimum atomic E-state index is -0.181. The average Bonchev–Trinajstić information content (AvgIpc) is 2.39. The maximum Gasteiger partial charge on any atom is 0.256 e. The fourth-order valence-electron chi connectivity index (χ4n) is 1.64. The summed E-state index contributed by atoms with van der Waals surface area (Å²) in [6.45, 7) is 1.90. The Morgan fingerprint density at radius 2 is 2.11 bits per heavy atom. The lowest BCUT2D eigenvalue weighted by Gasteiger charge is -2.07. The van der Waals surface area contributed by atoms with Crippen molar-refractivity contribution < 1.29 is 9.53 Å². The molecule has 2 aromatic rings. The molecule has 1 aromatic carbocycles. The first kappa shape index (κ1) is 12.1. The molecule has 1 N–H and O–H groups in total. The number of hydrogen-bond acceptors (Lipinski definition) is 3. The molecule has 0 unspecified atom stereocenters. The van der Waals surface area contributed by atoms with Crippen LogP contribution >= 0.6 is 0 Å². The number of anilines is 1. The molecule has 0 fully saturated rings. The highest BCUT2D eigenvalue weighted by Crippen LogP contribution is 2.19. The topological polar surface area (TPSA) is 51.2 Å². The molecule has 0 spiro atoms. The van der Waals surface area contributed by atoms with Gasteiger partial charge in [0.05, 0.1) is 7.11 Å². The van der Waals surface area contributed by atoms with Crippen LogP contribution in [0.3, 0.4) is 0 Å². The largest absolute Gasteiger partial charge is 0.496 e. The zero-order chi connectivity index (χ0) is 13.0. The second-order valence-electron chi connectivity index (χ2n) is 3.85. The molecule has 1 heterocycles. The Labute approximate surface area is 106 Å². The van der Waals surface area contributed by atoms with Crippen LogP contribution < -0.4 is 10.1 Å². The van der Waals surface area contributed by atoms with Crippen LogP contribution in [0.25, 0.3) is 0 Å². The van der Waals surface area contributed by atoms with Gasteiger partial charge < -0.3 is 10.1 Å². The lowest BCUT2D eigenvalue weighted by atomic mass is 10.1. The van der Waals surface area contributed by atoms with Crippen LogP contribution in [0.5, 0.6) is 5.75 Å². The Kier molecular flexibility index (Phi) is 3.57. The number of aryl methyl sites for hydroxylation is 1. The van der Waals surface area contributed by atoms with E-state index in [-0.39, 0.29) is 5.91 Å². The minimum absolute atomic E-state index is 0.181. The molecule has 0 aliphatic heterocycles. The fraction of sp³-hybridized carbons (Fsp3) is 0.143. The van der Waals surface area contributed by atoms with Crippen molar-refractivity contribution in [3.8, 4) is 5.75 Å². The predicted octanol–water partition coefficient (Wildman–Crippen LogP) is 2.65. The second-order valence-corrected chi connectivity index (χ2v) is 3.85. The Bertz CT molecular complexity index is 553. The number of ether oxygens (including phenoxy) is 1. The highest BCUT2D eigenvalue weighted by molar-refractivity contribution is 6.03. The summed E-state index contributed by atoms with van der Waals surface area (Å²) >= 11 is 0. The Hall–Kier alpha value is -2.36. The van der Waals surface area contributed by atoms with E-state index in [1.54, 1.807) is 43.6 Å². The van der Waals surface area contributed by atoms with Gasteiger partial charge in [0.2, 0.25) is 0 Å². The van der Waals surface area contributed by atoms with E-state index in [0.717, 1.165) is 11.3 Å². The average molecular weight is 242 g/mol.